The Morgan fingerprint density at radius 2 is 1.95 bits per heavy atom. The van der Waals surface area contributed by atoms with Crippen molar-refractivity contribution in [3.63, 3.8) is 0 Å². The lowest BCUT2D eigenvalue weighted by atomic mass is 10.2. The summed E-state index contributed by atoms with van der Waals surface area (Å²) >= 11 is 2.08. The van der Waals surface area contributed by atoms with Crippen LogP contribution in [0.3, 0.4) is 0 Å². The molecule has 0 bridgehead atoms. The summed E-state index contributed by atoms with van der Waals surface area (Å²) in [4.78, 5) is 31.9. The highest BCUT2D eigenvalue weighted by molar-refractivity contribution is 14.1. The van der Waals surface area contributed by atoms with Crippen LogP contribution in [0.1, 0.15) is 21.9 Å². The van der Waals surface area contributed by atoms with E-state index >= 15 is 0 Å². The summed E-state index contributed by atoms with van der Waals surface area (Å²) < 4.78 is 0.842. The Morgan fingerprint density at radius 1 is 1.18 bits per heavy atom. The van der Waals surface area contributed by atoms with Gasteiger partial charge in [0.1, 0.15) is 5.82 Å². The number of rotatable bonds is 5. The van der Waals surface area contributed by atoms with E-state index in [2.05, 4.69) is 43.2 Å². The Hall–Kier alpha value is -2.03. The molecule has 1 heterocycles. The molecule has 0 atom stereocenters. The summed E-state index contributed by atoms with van der Waals surface area (Å²) in [5.41, 5.74) is 1.28. The number of nitrogens with one attached hydrogen (secondary N) is 2. The fraction of sp³-hybridized carbons (Fsp3) is 0.200. The van der Waals surface area contributed by atoms with Gasteiger partial charge in [-0.15, -0.1) is 0 Å². The second-order valence-corrected chi connectivity index (χ2v) is 5.70. The SMILES string of the molecule is Cc1nccc(CNC(=O)CNC(=O)c2ccccc2I)n1. The number of nitrogens with zero attached hydrogens (tertiary/aromatic N) is 2. The van der Waals surface area contributed by atoms with E-state index < -0.39 is 0 Å². The summed E-state index contributed by atoms with van der Waals surface area (Å²) in [5.74, 6) is 0.118. The Kier molecular flexibility index (Phi) is 5.82. The minimum atomic E-state index is -0.268. The average Bonchev–Trinajstić information content (AvgIpc) is 2.51. The molecule has 0 saturated heterocycles. The first kappa shape index (κ1) is 16.3. The van der Waals surface area contributed by atoms with Gasteiger partial charge in [0.15, 0.2) is 0 Å². The van der Waals surface area contributed by atoms with Gasteiger partial charge in [-0.2, -0.15) is 0 Å². The van der Waals surface area contributed by atoms with Crippen molar-refractivity contribution in [3.8, 4) is 0 Å². The van der Waals surface area contributed by atoms with E-state index in [1.807, 2.05) is 12.1 Å². The lowest BCUT2D eigenvalue weighted by Gasteiger charge is -2.08. The van der Waals surface area contributed by atoms with Crippen molar-refractivity contribution >= 4 is 34.4 Å². The topological polar surface area (TPSA) is 84.0 Å². The highest BCUT2D eigenvalue weighted by Crippen LogP contribution is 2.10. The first-order chi connectivity index (χ1) is 10.6. The average molecular weight is 410 g/mol. The number of aromatic nitrogens is 2. The van der Waals surface area contributed by atoms with Crippen LogP contribution in [0.15, 0.2) is 36.5 Å². The van der Waals surface area contributed by atoms with Crippen LogP contribution in [0.4, 0.5) is 0 Å². The molecule has 0 unspecified atom stereocenters. The number of carbonyl (C=O) groups is 2. The van der Waals surface area contributed by atoms with Gasteiger partial charge in [0, 0.05) is 9.77 Å². The minimum absolute atomic E-state index is 0.0755. The van der Waals surface area contributed by atoms with Crippen molar-refractivity contribution in [3.05, 3.63) is 57.2 Å². The van der Waals surface area contributed by atoms with Gasteiger partial charge < -0.3 is 10.6 Å². The van der Waals surface area contributed by atoms with Crippen LogP contribution in [0.2, 0.25) is 0 Å². The summed E-state index contributed by atoms with van der Waals surface area (Å²) in [6, 6.07) is 8.94. The molecule has 0 aliphatic heterocycles. The molecule has 0 saturated carbocycles. The number of amides is 2. The molecule has 0 aliphatic rings. The van der Waals surface area contributed by atoms with Crippen molar-refractivity contribution < 1.29 is 9.59 Å². The molecule has 0 spiro atoms. The quantitative estimate of drug-likeness (QED) is 0.731. The minimum Gasteiger partial charge on any atom is -0.349 e. The van der Waals surface area contributed by atoms with Gasteiger partial charge in [0.05, 0.1) is 24.3 Å². The van der Waals surface area contributed by atoms with Crippen LogP contribution in [-0.4, -0.2) is 28.3 Å². The van der Waals surface area contributed by atoms with Gasteiger partial charge in [-0.05, 0) is 47.7 Å². The summed E-state index contributed by atoms with van der Waals surface area (Å²) in [6.45, 7) is 2.02. The number of halogens is 1. The van der Waals surface area contributed by atoms with E-state index in [-0.39, 0.29) is 18.4 Å². The van der Waals surface area contributed by atoms with Gasteiger partial charge >= 0.3 is 0 Å². The van der Waals surface area contributed by atoms with E-state index in [1.165, 1.54) is 0 Å². The second kappa shape index (κ2) is 7.83. The molecule has 7 heteroatoms. The summed E-state index contributed by atoms with van der Waals surface area (Å²) in [7, 11) is 0. The zero-order chi connectivity index (χ0) is 15.9. The lowest BCUT2D eigenvalue weighted by Crippen LogP contribution is -2.37. The Morgan fingerprint density at radius 3 is 2.68 bits per heavy atom. The van der Waals surface area contributed by atoms with E-state index in [0.717, 1.165) is 9.26 Å². The second-order valence-electron chi connectivity index (χ2n) is 4.53. The molecule has 0 aliphatic carbocycles. The number of aryl methyl sites for hydroxylation is 1. The molecule has 1 aromatic carbocycles. The van der Waals surface area contributed by atoms with E-state index in [9.17, 15) is 9.59 Å². The summed E-state index contributed by atoms with van der Waals surface area (Å²) in [6.07, 6.45) is 1.64. The normalized spacial score (nSPS) is 10.1. The number of carbonyl (C=O) groups excluding carboxylic acids is 2. The van der Waals surface area contributed by atoms with Crippen molar-refractivity contribution in [1.29, 1.82) is 0 Å². The van der Waals surface area contributed by atoms with Gasteiger partial charge in [-0.1, -0.05) is 12.1 Å². The number of benzene rings is 1. The third kappa shape index (κ3) is 4.76. The van der Waals surface area contributed by atoms with Crippen molar-refractivity contribution in [1.82, 2.24) is 20.6 Å². The zero-order valence-electron chi connectivity index (χ0n) is 12.0. The van der Waals surface area contributed by atoms with Crippen molar-refractivity contribution in [2.75, 3.05) is 6.54 Å². The Labute approximate surface area is 141 Å². The van der Waals surface area contributed by atoms with Gasteiger partial charge in [-0.25, -0.2) is 9.97 Å². The van der Waals surface area contributed by atoms with Crippen LogP contribution in [0.25, 0.3) is 0 Å². The molecular weight excluding hydrogens is 395 g/mol. The predicted octanol–water partition coefficient (Wildman–Crippen LogP) is 1.44. The van der Waals surface area contributed by atoms with E-state index in [0.29, 0.717) is 17.9 Å². The van der Waals surface area contributed by atoms with Crippen molar-refractivity contribution in [2.24, 2.45) is 0 Å². The standard InChI is InChI=1S/C15H15IN4O2/c1-10-17-7-6-11(20-10)8-18-14(21)9-19-15(22)12-4-2-3-5-13(12)16/h2-7H,8-9H2,1H3,(H,18,21)(H,19,22). The fourth-order valence-corrected chi connectivity index (χ4v) is 2.39. The third-order valence-corrected chi connectivity index (χ3v) is 3.77. The predicted molar refractivity (Wildman–Crippen MR) is 90.1 cm³/mol. The molecule has 0 fully saturated rings. The maximum Gasteiger partial charge on any atom is 0.252 e. The molecule has 2 amide bonds. The largest absolute Gasteiger partial charge is 0.349 e. The highest BCUT2D eigenvalue weighted by Gasteiger charge is 2.10. The third-order valence-electron chi connectivity index (χ3n) is 2.83. The van der Waals surface area contributed by atoms with Crippen LogP contribution in [0.5, 0.6) is 0 Å². The summed E-state index contributed by atoms with van der Waals surface area (Å²) in [5, 5.41) is 5.30. The molecular formula is C15H15IN4O2. The molecule has 2 rings (SSSR count). The van der Waals surface area contributed by atoms with E-state index in [4.69, 9.17) is 0 Å². The molecule has 22 heavy (non-hydrogen) atoms. The lowest BCUT2D eigenvalue weighted by molar-refractivity contribution is -0.120. The maximum absolute atomic E-state index is 12.0. The maximum atomic E-state index is 12.0. The molecule has 1 aromatic heterocycles. The van der Waals surface area contributed by atoms with Crippen LogP contribution in [-0.2, 0) is 11.3 Å². The molecule has 2 aromatic rings. The van der Waals surface area contributed by atoms with Crippen molar-refractivity contribution in [2.45, 2.75) is 13.5 Å². The molecule has 2 N–H and O–H groups in total. The monoisotopic (exact) mass is 410 g/mol. The number of hydrogen-bond acceptors (Lipinski definition) is 4. The smallest absolute Gasteiger partial charge is 0.252 e. The van der Waals surface area contributed by atoms with Crippen LogP contribution >= 0.6 is 22.6 Å². The first-order valence-electron chi connectivity index (χ1n) is 6.64. The van der Waals surface area contributed by atoms with Crippen LogP contribution < -0.4 is 10.6 Å². The Bertz CT molecular complexity index is 691. The molecule has 114 valence electrons. The van der Waals surface area contributed by atoms with E-state index in [1.54, 1.807) is 31.3 Å². The molecule has 0 radical (unpaired) electrons. The van der Waals surface area contributed by atoms with Gasteiger partial charge in [0.2, 0.25) is 5.91 Å². The number of hydrogen-bond donors (Lipinski definition) is 2. The van der Waals surface area contributed by atoms with Gasteiger partial charge in [0.25, 0.3) is 5.91 Å². The first-order valence-corrected chi connectivity index (χ1v) is 7.72. The Balaban J connectivity index is 1.81. The highest BCUT2D eigenvalue weighted by atomic mass is 127. The zero-order valence-corrected chi connectivity index (χ0v) is 14.1. The fourth-order valence-electron chi connectivity index (χ4n) is 1.76. The van der Waals surface area contributed by atoms with Crippen LogP contribution in [0, 0.1) is 10.5 Å². The van der Waals surface area contributed by atoms with Gasteiger partial charge in [-0.3, -0.25) is 9.59 Å². The molecule has 6 nitrogen and oxygen atoms in total.